The van der Waals surface area contributed by atoms with Crippen molar-refractivity contribution in [3.63, 3.8) is 0 Å². The van der Waals surface area contributed by atoms with E-state index in [4.69, 9.17) is 17.0 Å². The maximum absolute atomic E-state index is 8.84. The summed E-state index contributed by atoms with van der Waals surface area (Å²) in [5.74, 6) is 0. The third-order valence-corrected chi connectivity index (χ3v) is 5.71. The standard InChI is InChI=1S/C24H29ClN4/c1-7-12-27-16(3)22-23(26)18(5)29(21-13-15(2)17(4)28(6)14-21)24(22)19-8-10-20(25)11-9-19/h8-11,13-14,24,26-27H,4-5,7,12H2,1-3,6H3/b22-16+,26-23?. The molecule has 0 saturated carbocycles. The quantitative estimate of drug-likeness (QED) is 0.651. The van der Waals surface area contributed by atoms with E-state index in [0.29, 0.717) is 16.4 Å². The second-order valence-electron chi connectivity index (χ2n) is 7.55. The normalized spacial score (nSPS) is 21.4. The molecule has 1 aromatic rings. The average molecular weight is 409 g/mol. The van der Waals surface area contributed by atoms with Crippen molar-refractivity contribution in [2.24, 2.45) is 0 Å². The first-order valence-corrected chi connectivity index (χ1v) is 10.2. The summed E-state index contributed by atoms with van der Waals surface area (Å²) in [6.45, 7) is 15.5. The lowest BCUT2D eigenvalue weighted by Gasteiger charge is -2.33. The molecule has 4 nitrogen and oxygen atoms in total. The molecule has 2 heterocycles. The SMILES string of the molecule is C=C1C(C)=CC(N2C(=C)C(=N)/C(=C(/C)NCCC)C2c2ccc(Cl)cc2)=CN1C. The van der Waals surface area contributed by atoms with Gasteiger partial charge in [0.05, 0.1) is 23.1 Å². The highest BCUT2D eigenvalue weighted by molar-refractivity contribution is 6.30. The van der Waals surface area contributed by atoms with Gasteiger partial charge >= 0.3 is 0 Å². The van der Waals surface area contributed by atoms with Crippen LogP contribution in [0.3, 0.4) is 0 Å². The maximum Gasteiger partial charge on any atom is 0.0884 e. The van der Waals surface area contributed by atoms with Crippen molar-refractivity contribution in [1.29, 1.82) is 5.41 Å². The van der Waals surface area contributed by atoms with Crippen molar-refractivity contribution in [3.05, 3.63) is 94.2 Å². The van der Waals surface area contributed by atoms with Gasteiger partial charge in [-0.3, -0.25) is 5.41 Å². The minimum atomic E-state index is -0.147. The van der Waals surface area contributed by atoms with E-state index >= 15 is 0 Å². The fraction of sp³-hybridized carbons (Fsp3) is 0.292. The van der Waals surface area contributed by atoms with Crippen molar-refractivity contribution in [1.82, 2.24) is 15.1 Å². The molecule has 1 aromatic carbocycles. The molecule has 152 valence electrons. The third-order valence-electron chi connectivity index (χ3n) is 5.46. The first-order chi connectivity index (χ1) is 13.8. The lowest BCUT2D eigenvalue weighted by Crippen LogP contribution is -2.27. The lowest BCUT2D eigenvalue weighted by atomic mass is 9.96. The molecule has 2 N–H and O–H groups in total. The van der Waals surface area contributed by atoms with Crippen LogP contribution in [0.25, 0.3) is 0 Å². The summed E-state index contributed by atoms with van der Waals surface area (Å²) < 4.78 is 0. The van der Waals surface area contributed by atoms with Gasteiger partial charge in [-0.15, -0.1) is 0 Å². The number of likely N-dealkylation sites (tertiary alicyclic amines) is 1. The van der Waals surface area contributed by atoms with E-state index in [-0.39, 0.29) is 6.04 Å². The van der Waals surface area contributed by atoms with E-state index in [1.54, 1.807) is 0 Å². The summed E-state index contributed by atoms with van der Waals surface area (Å²) in [5.41, 5.74) is 7.24. The summed E-state index contributed by atoms with van der Waals surface area (Å²) in [4.78, 5) is 4.16. The van der Waals surface area contributed by atoms with Gasteiger partial charge in [-0.1, -0.05) is 43.8 Å². The van der Waals surface area contributed by atoms with Gasteiger partial charge in [-0.05, 0) is 49.6 Å². The Morgan fingerprint density at radius 2 is 1.86 bits per heavy atom. The molecule has 5 heteroatoms. The maximum atomic E-state index is 8.84. The molecule has 0 aromatic heterocycles. The number of allylic oxidation sites excluding steroid dienone is 4. The average Bonchev–Trinajstić information content (AvgIpc) is 2.95. The highest BCUT2D eigenvalue weighted by Crippen LogP contribution is 2.45. The molecule has 2 aliphatic heterocycles. The van der Waals surface area contributed by atoms with E-state index in [9.17, 15) is 0 Å². The summed E-state index contributed by atoms with van der Waals surface area (Å²) in [6.07, 6.45) is 5.18. The van der Waals surface area contributed by atoms with Crippen LogP contribution in [0.4, 0.5) is 0 Å². The predicted octanol–water partition coefficient (Wildman–Crippen LogP) is 5.75. The smallest absolute Gasteiger partial charge is 0.0884 e. The molecule has 2 aliphatic rings. The van der Waals surface area contributed by atoms with Gasteiger partial charge in [0.15, 0.2) is 0 Å². The number of benzene rings is 1. The minimum absolute atomic E-state index is 0.147. The van der Waals surface area contributed by atoms with Crippen LogP contribution < -0.4 is 5.32 Å². The molecule has 29 heavy (non-hydrogen) atoms. The number of likely N-dealkylation sites (N-methyl/N-ethyl adjacent to an activating group) is 1. The van der Waals surface area contributed by atoms with Crippen LogP contribution in [0.15, 0.2) is 83.6 Å². The topological polar surface area (TPSA) is 42.4 Å². The van der Waals surface area contributed by atoms with Crippen LogP contribution in [0.2, 0.25) is 5.02 Å². The van der Waals surface area contributed by atoms with E-state index in [2.05, 4.69) is 49.5 Å². The second kappa shape index (κ2) is 8.34. The summed E-state index contributed by atoms with van der Waals surface area (Å²) in [7, 11) is 1.99. The summed E-state index contributed by atoms with van der Waals surface area (Å²) >= 11 is 6.15. The van der Waals surface area contributed by atoms with Gasteiger partial charge in [-0.2, -0.15) is 0 Å². The van der Waals surface area contributed by atoms with Gasteiger partial charge in [0, 0.05) is 41.8 Å². The van der Waals surface area contributed by atoms with Crippen LogP contribution >= 0.6 is 11.6 Å². The van der Waals surface area contributed by atoms with Gasteiger partial charge in [0.2, 0.25) is 0 Å². The number of hydrogen-bond donors (Lipinski definition) is 2. The van der Waals surface area contributed by atoms with Gasteiger partial charge < -0.3 is 15.1 Å². The Bertz CT molecular complexity index is 950. The van der Waals surface area contributed by atoms with E-state index in [1.807, 2.05) is 43.1 Å². The molecule has 1 fully saturated rings. The second-order valence-corrected chi connectivity index (χ2v) is 7.99. The van der Waals surface area contributed by atoms with Crippen molar-refractivity contribution in [2.45, 2.75) is 33.2 Å². The zero-order chi connectivity index (χ0) is 21.3. The number of hydrogen-bond acceptors (Lipinski definition) is 4. The number of halogens is 1. The Kier molecular flexibility index (Phi) is 6.04. The van der Waals surface area contributed by atoms with Gasteiger partial charge in [0.1, 0.15) is 0 Å². The Hall–Kier alpha value is -2.72. The fourth-order valence-corrected chi connectivity index (χ4v) is 3.92. The van der Waals surface area contributed by atoms with Crippen LogP contribution in [0.5, 0.6) is 0 Å². The fourth-order valence-electron chi connectivity index (χ4n) is 3.79. The highest BCUT2D eigenvalue weighted by atomic mass is 35.5. The Labute approximate surface area is 179 Å². The van der Waals surface area contributed by atoms with E-state index in [1.165, 1.54) is 0 Å². The highest BCUT2D eigenvalue weighted by Gasteiger charge is 2.40. The molecule has 0 amide bonds. The third kappa shape index (κ3) is 3.90. The van der Waals surface area contributed by atoms with E-state index in [0.717, 1.165) is 46.8 Å². The molecule has 1 saturated heterocycles. The zero-order valence-electron chi connectivity index (χ0n) is 17.6. The molecule has 0 spiro atoms. The first-order valence-electron chi connectivity index (χ1n) is 9.86. The number of rotatable bonds is 5. The molecule has 0 aliphatic carbocycles. The molecule has 0 bridgehead atoms. The Balaban J connectivity index is 2.17. The Morgan fingerprint density at radius 1 is 1.21 bits per heavy atom. The zero-order valence-corrected chi connectivity index (χ0v) is 18.4. The van der Waals surface area contributed by atoms with Crippen molar-refractivity contribution < 1.29 is 0 Å². The first kappa shape index (κ1) is 21.0. The monoisotopic (exact) mass is 408 g/mol. The summed E-state index contributed by atoms with van der Waals surface area (Å²) in [5, 5.41) is 13.0. The molecule has 3 rings (SSSR count). The molecular formula is C24H29ClN4. The van der Waals surface area contributed by atoms with Crippen LogP contribution in [0.1, 0.15) is 38.8 Å². The molecule has 0 radical (unpaired) electrons. The largest absolute Gasteiger partial charge is 0.388 e. The summed E-state index contributed by atoms with van der Waals surface area (Å²) in [6, 6.07) is 7.71. The number of nitrogens with zero attached hydrogens (tertiary/aromatic N) is 2. The van der Waals surface area contributed by atoms with Crippen LogP contribution in [0, 0.1) is 5.41 Å². The molecule has 1 unspecified atom stereocenters. The lowest BCUT2D eigenvalue weighted by molar-refractivity contribution is 0.395. The molecule has 1 atom stereocenters. The van der Waals surface area contributed by atoms with Gasteiger partial charge in [-0.25, -0.2) is 0 Å². The van der Waals surface area contributed by atoms with Crippen molar-refractivity contribution in [2.75, 3.05) is 13.6 Å². The van der Waals surface area contributed by atoms with E-state index < -0.39 is 0 Å². The van der Waals surface area contributed by atoms with Crippen LogP contribution in [-0.2, 0) is 0 Å². The Morgan fingerprint density at radius 3 is 2.45 bits per heavy atom. The molecular weight excluding hydrogens is 380 g/mol. The van der Waals surface area contributed by atoms with Gasteiger partial charge in [0.25, 0.3) is 0 Å². The van der Waals surface area contributed by atoms with Crippen molar-refractivity contribution in [3.8, 4) is 0 Å². The predicted molar refractivity (Wildman–Crippen MR) is 123 cm³/mol. The minimum Gasteiger partial charge on any atom is -0.388 e. The van der Waals surface area contributed by atoms with Crippen LogP contribution in [-0.4, -0.2) is 29.1 Å². The van der Waals surface area contributed by atoms with Crippen molar-refractivity contribution >= 4 is 17.3 Å². The number of nitrogens with one attached hydrogen (secondary N) is 2.